The molecule has 0 aromatic heterocycles. The fourth-order valence-electron chi connectivity index (χ4n) is 3.34. The minimum Gasteiger partial charge on any atom is -0.497 e. The number of rotatable bonds is 8. The van der Waals surface area contributed by atoms with Crippen molar-refractivity contribution in [2.45, 2.75) is 44.9 Å². The lowest BCUT2D eigenvalue weighted by atomic mass is 9.69. The first-order chi connectivity index (χ1) is 11.2. The van der Waals surface area contributed by atoms with Gasteiger partial charge in [0.25, 0.3) is 0 Å². The van der Waals surface area contributed by atoms with Crippen LogP contribution in [0.4, 0.5) is 0 Å². The summed E-state index contributed by atoms with van der Waals surface area (Å²) in [7, 11) is 3.42. The second kappa shape index (κ2) is 8.05. The second-order valence-corrected chi connectivity index (χ2v) is 6.00. The fraction of sp³-hybridized carbons (Fsp3) is 0.429. The summed E-state index contributed by atoms with van der Waals surface area (Å²) in [6.45, 7) is 4.53. The molecule has 2 aromatic carbocycles. The summed E-state index contributed by atoms with van der Waals surface area (Å²) in [6, 6.07) is 17.1. The summed E-state index contributed by atoms with van der Waals surface area (Å²) in [5.74, 6) is 1.81. The van der Waals surface area contributed by atoms with Gasteiger partial charge in [0.2, 0.25) is 0 Å². The summed E-state index contributed by atoms with van der Waals surface area (Å²) in [6.07, 6.45) is 4.64. The Morgan fingerprint density at radius 2 is 1.17 bits per heavy atom. The first-order valence-electron chi connectivity index (χ1n) is 8.49. The molecule has 2 nitrogen and oxygen atoms in total. The Kier molecular flexibility index (Phi) is 6.09. The van der Waals surface area contributed by atoms with Gasteiger partial charge in [-0.1, -0.05) is 51.0 Å². The molecule has 2 aromatic rings. The van der Waals surface area contributed by atoms with Gasteiger partial charge in [0, 0.05) is 5.41 Å². The molecule has 0 fully saturated rings. The van der Waals surface area contributed by atoms with Crippen LogP contribution in [-0.4, -0.2) is 14.2 Å². The number of hydrogen-bond acceptors (Lipinski definition) is 2. The third-order valence-electron chi connectivity index (χ3n) is 4.85. The fourth-order valence-corrected chi connectivity index (χ4v) is 3.34. The van der Waals surface area contributed by atoms with Gasteiger partial charge in [-0.2, -0.15) is 0 Å². The maximum Gasteiger partial charge on any atom is 0.118 e. The maximum atomic E-state index is 5.32. The summed E-state index contributed by atoms with van der Waals surface area (Å²) < 4.78 is 10.6. The molecule has 23 heavy (non-hydrogen) atoms. The normalized spacial score (nSPS) is 11.3. The lowest BCUT2D eigenvalue weighted by Crippen LogP contribution is -2.27. The van der Waals surface area contributed by atoms with E-state index in [9.17, 15) is 0 Å². The third kappa shape index (κ3) is 3.69. The minimum absolute atomic E-state index is 0.0502. The van der Waals surface area contributed by atoms with Crippen LogP contribution in [0.15, 0.2) is 48.5 Å². The predicted octanol–water partition coefficient (Wildman–Crippen LogP) is 5.59. The zero-order valence-electron chi connectivity index (χ0n) is 14.8. The summed E-state index contributed by atoms with van der Waals surface area (Å²) in [5.41, 5.74) is 2.77. The van der Waals surface area contributed by atoms with Crippen LogP contribution in [-0.2, 0) is 5.41 Å². The zero-order valence-corrected chi connectivity index (χ0v) is 14.8. The number of unbranched alkanes of at least 4 members (excludes halogenated alkanes) is 1. The molecule has 0 saturated carbocycles. The molecular formula is C21H28O2. The van der Waals surface area contributed by atoms with Crippen molar-refractivity contribution in [2.75, 3.05) is 14.2 Å². The highest BCUT2D eigenvalue weighted by Crippen LogP contribution is 2.41. The van der Waals surface area contributed by atoms with E-state index in [1.165, 1.54) is 24.0 Å². The topological polar surface area (TPSA) is 18.5 Å². The highest BCUT2D eigenvalue weighted by molar-refractivity contribution is 5.43. The lowest BCUT2D eigenvalue weighted by Gasteiger charge is -2.34. The molecule has 0 bridgehead atoms. The smallest absolute Gasteiger partial charge is 0.118 e. The van der Waals surface area contributed by atoms with Gasteiger partial charge in [0.05, 0.1) is 14.2 Å². The highest BCUT2D eigenvalue weighted by atomic mass is 16.5. The second-order valence-electron chi connectivity index (χ2n) is 6.00. The molecule has 0 N–H and O–H groups in total. The number of methoxy groups -OCH3 is 2. The Hall–Kier alpha value is -1.96. The van der Waals surface area contributed by atoms with Gasteiger partial charge < -0.3 is 9.47 Å². The van der Waals surface area contributed by atoms with Gasteiger partial charge in [-0.15, -0.1) is 0 Å². The molecule has 0 aliphatic carbocycles. The van der Waals surface area contributed by atoms with Crippen molar-refractivity contribution >= 4 is 0 Å². The van der Waals surface area contributed by atoms with Crippen molar-refractivity contribution in [2.24, 2.45) is 0 Å². The van der Waals surface area contributed by atoms with Crippen LogP contribution in [0.5, 0.6) is 11.5 Å². The molecule has 124 valence electrons. The molecule has 0 unspecified atom stereocenters. The van der Waals surface area contributed by atoms with Gasteiger partial charge in [-0.25, -0.2) is 0 Å². The Balaban J connectivity index is 2.47. The van der Waals surface area contributed by atoms with E-state index >= 15 is 0 Å². The predicted molar refractivity (Wildman–Crippen MR) is 96.6 cm³/mol. The molecular weight excluding hydrogens is 284 g/mol. The van der Waals surface area contributed by atoms with E-state index in [0.29, 0.717) is 0 Å². The third-order valence-corrected chi connectivity index (χ3v) is 4.85. The van der Waals surface area contributed by atoms with Crippen LogP contribution in [0.3, 0.4) is 0 Å². The average Bonchev–Trinajstić information content (AvgIpc) is 2.63. The highest BCUT2D eigenvalue weighted by Gasteiger charge is 2.31. The Morgan fingerprint density at radius 3 is 1.48 bits per heavy atom. The summed E-state index contributed by atoms with van der Waals surface area (Å²) in [4.78, 5) is 0. The average molecular weight is 312 g/mol. The van der Waals surface area contributed by atoms with Crippen molar-refractivity contribution in [3.8, 4) is 11.5 Å². The van der Waals surface area contributed by atoms with E-state index in [0.717, 1.165) is 24.3 Å². The number of benzene rings is 2. The number of hydrogen-bond donors (Lipinski definition) is 0. The van der Waals surface area contributed by atoms with Gasteiger partial charge >= 0.3 is 0 Å². The van der Waals surface area contributed by atoms with Gasteiger partial charge in [0.1, 0.15) is 11.5 Å². The van der Waals surface area contributed by atoms with Crippen LogP contribution in [0.1, 0.15) is 50.7 Å². The molecule has 0 saturated heterocycles. The van der Waals surface area contributed by atoms with E-state index in [1.807, 2.05) is 0 Å². The van der Waals surface area contributed by atoms with E-state index in [-0.39, 0.29) is 5.41 Å². The molecule has 0 spiro atoms. The molecule has 0 amide bonds. The summed E-state index contributed by atoms with van der Waals surface area (Å²) in [5, 5.41) is 0. The molecule has 0 heterocycles. The molecule has 2 rings (SSSR count). The Bertz CT molecular complexity index is 537. The van der Waals surface area contributed by atoms with Gasteiger partial charge in [-0.05, 0) is 48.2 Å². The van der Waals surface area contributed by atoms with E-state index in [4.69, 9.17) is 9.47 Å². The SMILES string of the molecule is CCCCC(CC)(c1ccc(OC)cc1)c1ccc(OC)cc1. The largest absolute Gasteiger partial charge is 0.497 e. The number of ether oxygens (including phenoxy) is 2. The van der Waals surface area contributed by atoms with Gasteiger partial charge in [-0.3, -0.25) is 0 Å². The van der Waals surface area contributed by atoms with E-state index in [2.05, 4.69) is 62.4 Å². The van der Waals surface area contributed by atoms with Crippen molar-refractivity contribution in [1.82, 2.24) is 0 Å². The molecule has 0 aliphatic rings. The molecule has 2 heteroatoms. The van der Waals surface area contributed by atoms with Crippen LogP contribution < -0.4 is 9.47 Å². The zero-order chi connectivity index (χ0) is 16.7. The lowest BCUT2D eigenvalue weighted by molar-refractivity contribution is 0.409. The van der Waals surface area contributed by atoms with Crippen molar-refractivity contribution in [3.05, 3.63) is 59.7 Å². The van der Waals surface area contributed by atoms with Gasteiger partial charge in [0.15, 0.2) is 0 Å². The quantitative estimate of drug-likeness (QED) is 0.632. The molecule has 0 atom stereocenters. The first kappa shape index (κ1) is 17.4. The van der Waals surface area contributed by atoms with E-state index in [1.54, 1.807) is 14.2 Å². The van der Waals surface area contributed by atoms with Crippen LogP contribution in [0.2, 0.25) is 0 Å². The minimum atomic E-state index is 0.0502. The Morgan fingerprint density at radius 1 is 0.739 bits per heavy atom. The summed E-state index contributed by atoms with van der Waals surface area (Å²) >= 11 is 0. The van der Waals surface area contributed by atoms with E-state index < -0.39 is 0 Å². The van der Waals surface area contributed by atoms with Crippen molar-refractivity contribution < 1.29 is 9.47 Å². The standard InChI is InChI=1S/C21H28O2/c1-5-7-16-21(6-2,17-8-12-19(22-3)13-9-17)18-10-14-20(23-4)15-11-18/h8-15H,5-7,16H2,1-4H3. The van der Waals surface area contributed by atoms with Crippen molar-refractivity contribution in [3.63, 3.8) is 0 Å². The molecule has 0 aliphatic heterocycles. The first-order valence-corrected chi connectivity index (χ1v) is 8.49. The van der Waals surface area contributed by atoms with Crippen LogP contribution in [0.25, 0.3) is 0 Å². The van der Waals surface area contributed by atoms with Crippen LogP contribution in [0, 0.1) is 0 Å². The molecule has 0 radical (unpaired) electrons. The monoisotopic (exact) mass is 312 g/mol. The Labute approximate surface area is 140 Å². The van der Waals surface area contributed by atoms with Crippen molar-refractivity contribution in [1.29, 1.82) is 0 Å². The maximum absolute atomic E-state index is 5.32. The van der Waals surface area contributed by atoms with Crippen LogP contribution >= 0.6 is 0 Å².